The lowest BCUT2D eigenvalue weighted by molar-refractivity contribution is 0.290. The lowest BCUT2D eigenvalue weighted by Crippen LogP contribution is -2.41. The Balaban J connectivity index is 1.56. The van der Waals surface area contributed by atoms with Gasteiger partial charge < -0.3 is 0 Å². The highest BCUT2D eigenvalue weighted by atomic mass is 32.2. The molecule has 3 rings (SSSR count). The van der Waals surface area contributed by atoms with E-state index in [0.29, 0.717) is 13.0 Å². The Labute approximate surface area is 153 Å². The van der Waals surface area contributed by atoms with E-state index in [0.717, 1.165) is 38.0 Å². The fraction of sp³-hybridized carbons (Fsp3) is 1.00. The number of hydrogen-bond acceptors (Lipinski definition) is 4. The average Bonchev–Trinajstić information content (AvgIpc) is 3.02. The molecule has 1 saturated carbocycles. The summed E-state index contributed by atoms with van der Waals surface area (Å²) in [5.74, 6) is 0.849. The normalized spacial score (nSPS) is 32.0. The van der Waals surface area contributed by atoms with E-state index in [9.17, 15) is 16.8 Å². The summed E-state index contributed by atoms with van der Waals surface area (Å²) in [6, 6.07) is 0.145. The first-order valence-corrected chi connectivity index (χ1v) is 13.5. The molecule has 2 aliphatic heterocycles. The van der Waals surface area contributed by atoms with Gasteiger partial charge in [0.25, 0.3) is 0 Å². The first kappa shape index (κ1) is 19.6. The van der Waals surface area contributed by atoms with Gasteiger partial charge in [0.15, 0.2) is 9.84 Å². The Morgan fingerprint density at radius 1 is 0.840 bits per heavy atom. The first-order valence-electron chi connectivity index (χ1n) is 10.1. The molecule has 0 aromatic rings. The molecular formula is C18H33NO4S2. The second-order valence-electron chi connectivity index (χ2n) is 8.39. The van der Waals surface area contributed by atoms with E-state index in [1.807, 2.05) is 0 Å². The molecule has 5 nitrogen and oxygen atoms in total. The molecule has 0 bridgehead atoms. The third-order valence-electron chi connectivity index (χ3n) is 6.32. The van der Waals surface area contributed by atoms with Gasteiger partial charge in [-0.15, -0.1) is 0 Å². The van der Waals surface area contributed by atoms with E-state index in [1.165, 1.54) is 32.1 Å². The molecule has 0 N–H and O–H groups in total. The smallest absolute Gasteiger partial charge is 0.214 e. The van der Waals surface area contributed by atoms with Crippen molar-refractivity contribution in [2.24, 2.45) is 11.8 Å². The molecule has 0 spiro atoms. The minimum absolute atomic E-state index is 0.0200. The highest BCUT2D eigenvalue weighted by molar-refractivity contribution is 7.91. The van der Waals surface area contributed by atoms with E-state index in [1.54, 1.807) is 4.31 Å². The van der Waals surface area contributed by atoms with Crippen LogP contribution in [0.25, 0.3) is 0 Å². The van der Waals surface area contributed by atoms with Gasteiger partial charge in [-0.2, -0.15) is 4.31 Å². The van der Waals surface area contributed by atoms with Crippen molar-refractivity contribution in [3.05, 3.63) is 0 Å². The molecule has 0 aromatic heterocycles. The Morgan fingerprint density at radius 3 is 2.28 bits per heavy atom. The minimum atomic E-state index is -3.34. The molecule has 3 fully saturated rings. The van der Waals surface area contributed by atoms with Gasteiger partial charge in [-0.25, -0.2) is 16.8 Å². The molecular weight excluding hydrogens is 358 g/mol. The Morgan fingerprint density at radius 2 is 1.56 bits per heavy atom. The number of sulfone groups is 1. The molecule has 2 saturated heterocycles. The summed E-state index contributed by atoms with van der Waals surface area (Å²) < 4.78 is 51.1. The molecule has 3 aliphatic rings. The van der Waals surface area contributed by atoms with Crippen LogP contribution in [0.1, 0.15) is 70.6 Å². The largest absolute Gasteiger partial charge is 0.229 e. The SMILES string of the molecule is O=S1(=O)CCCC(CS(=O)(=O)N2CCCC2CCC2CCCCC2)C1. The zero-order valence-electron chi connectivity index (χ0n) is 15.2. The predicted molar refractivity (Wildman–Crippen MR) is 101 cm³/mol. The lowest BCUT2D eigenvalue weighted by Gasteiger charge is -2.29. The summed E-state index contributed by atoms with van der Waals surface area (Å²) in [7, 11) is -6.39. The maximum atomic E-state index is 12.9. The molecule has 0 radical (unpaired) electrons. The minimum Gasteiger partial charge on any atom is -0.229 e. The summed E-state index contributed by atoms with van der Waals surface area (Å²) >= 11 is 0. The van der Waals surface area contributed by atoms with Crippen molar-refractivity contribution < 1.29 is 16.8 Å². The fourth-order valence-electron chi connectivity index (χ4n) is 5.01. The van der Waals surface area contributed by atoms with Crippen molar-refractivity contribution in [2.75, 3.05) is 23.8 Å². The maximum Gasteiger partial charge on any atom is 0.214 e. The summed E-state index contributed by atoms with van der Waals surface area (Å²) in [5.41, 5.74) is 0. The topological polar surface area (TPSA) is 71.5 Å². The molecule has 146 valence electrons. The molecule has 2 heterocycles. The van der Waals surface area contributed by atoms with Crippen molar-refractivity contribution in [3.63, 3.8) is 0 Å². The molecule has 1 aliphatic carbocycles. The summed E-state index contributed by atoms with van der Waals surface area (Å²) in [6.45, 7) is 0.622. The van der Waals surface area contributed by atoms with Crippen molar-refractivity contribution in [3.8, 4) is 0 Å². The van der Waals surface area contributed by atoms with Crippen LogP contribution in [-0.2, 0) is 19.9 Å². The van der Waals surface area contributed by atoms with Crippen LogP contribution in [0.2, 0.25) is 0 Å². The number of hydrogen-bond donors (Lipinski definition) is 0. The lowest BCUT2D eigenvalue weighted by atomic mass is 9.85. The summed E-state index contributed by atoms with van der Waals surface area (Å²) in [5, 5.41) is 0. The van der Waals surface area contributed by atoms with Crippen LogP contribution in [0.4, 0.5) is 0 Å². The third-order valence-corrected chi connectivity index (χ3v) is 10.3. The van der Waals surface area contributed by atoms with E-state index in [-0.39, 0.29) is 29.2 Å². The average molecular weight is 392 g/mol. The highest BCUT2D eigenvalue weighted by Gasteiger charge is 2.37. The Kier molecular flexibility index (Phi) is 6.48. The van der Waals surface area contributed by atoms with Gasteiger partial charge in [0, 0.05) is 12.6 Å². The number of rotatable bonds is 6. The zero-order chi connectivity index (χ0) is 17.9. The quantitative estimate of drug-likeness (QED) is 0.698. The van der Waals surface area contributed by atoms with Gasteiger partial charge >= 0.3 is 0 Å². The second-order valence-corrected chi connectivity index (χ2v) is 12.6. The summed E-state index contributed by atoms with van der Waals surface area (Å²) in [6.07, 6.45) is 12.0. The van der Waals surface area contributed by atoms with Gasteiger partial charge in [0.2, 0.25) is 10.0 Å². The molecule has 2 unspecified atom stereocenters. The van der Waals surface area contributed by atoms with Crippen LogP contribution in [-0.4, -0.2) is 51.0 Å². The van der Waals surface area contributed by atoms with Gasteiger partial charge in [0.1, 0.15) is 0 Å². The van der Waals surface area contributed by atoms with Crippen molar-refractivity contribution >= 4 is 19.9 Å². The van der Waals surface area contributed by atoms with Crippen LogP contribution in [0, 0.1) is 11.8 Å². The van der Waals surface area contributed by atoms with Crippen molar-refractivity contribution in [2.45, 2.75) is 76.7 Å². The molecule has 7 heteroatoms. The van der Waals surface area contributed by atoms with Crippen LogP contribution >= 0.6 is 0 Å². The van der Waals surface area contributed by atoms with E-state index in [2.05, 4.69) is 0 Å². The van der Waals surface area contributed by atoms with Crippen molar-refractivity contribution in [1.29, 1.82) is 0 Å². The van der Waals surface area contributed by atoms with E-state index >= 15 is 0 Å². The van der Waals surface area contributed by atoms with Crippen LogP contribution in [0.15, 0.2) is 0 Å². The predicted octanol–water partition coefficient (Wildman–Crippen LogP) is 2.97. The standard InChI is InChI=1S/C18H33NO4S2/c20-24(21)13-5-8-17(14-24)15-25(22,23)19-12-4-9-18(19)11-10-16-6-2-1-3-7-16/h16-18H,1-15H2. The van der Waals surface area contributed by atoms with Gasteiger partial charge in [0.05, 0.1) is 17.3 Å². The van der Waals surface area contributed by atoms with Crippen molar-refractivity contribution in [1.82, 2.24) is 4.31 Å². The third kappa shape index (κ3) is 5.42. The van der Waals surface area contributed by atoms with Crippen LogP contribution in [0.5, 0.6) is 0 Å². The first-order chi connectivity index (χ1) is 11.9. The van der Waals surface area contributed by atoms with Crippen LogP contribution < -0.4 is 0 Å². The van der Waals surface area contributed by atoms with Crippen LogP contribution in [0.3, 0.4) is 0 Å². The second kappa shape index (κ2) is 8.26. The Hall–Kier alpha value is -0.140. The number of sulfonamides is 1. The highest BCUT2D eigenvalue weighted by Crippen LogP contribution is 2.32. The number of nitrogens with zero attached hydrogens (tertiary/aromatic N) is 1. The maximum absolute atomic E-state index is 12.9. The monoisotopic (exact) mass is 391 g/mol. The molecule has 0 amide bonds. The zero-order valence-corrected chi connectivity index (χ0v) is 16.9. The van der Waals surface area contributed by atoms with E-state index in [4.69, 9.17) is 0 Å². The Bertz CT molecular complexity index is 638. The summed E-state index contributed by atoms with van der Waals surface area (Å²) in [4.78, 5) is 0. The molecule has 25 heavy (non-hydrogen) atoms. The van der Waals surface area contributed by atoms with Gasteiger partial charge in [-0.1, -0.05) is 32.1 Å². The van der Waals surface area contributed by atoms with Gasteiger partial charge in [-0.05, 0) is 50.4 Å². The van der Waals surface area contributed by atoms with Gasteiger partial charge in [-0.3, -0.25) is 0 Å². The fourth-order valence-corrected chi connectivity index (χ4v) is 9.08. The molecule has 2 atom stereocenters. The molecule has 0 aromatic carbocycles. The van der Waals surface area contributed by atoms with E-state index < -0.39 is 19.9 Å².